The monoisotopic (exact) mass is 369 g/mol. The van der Waals surface area contributed by atoms with Gasteiger partial charge in [0.2, 0.25) is 10.0 Å². The van der Waals surface area contributed by atoms with Crippen LogP contribution >= 0.6 is 15.9 Å². The fourth-order valence-electron chi connectivity index (χ4n) is 2.02. The number of hydrogen-bond acceptors (Lipinski definition) is 3. The first-order valence-corrected chi connectivity index (χ1v) is 8.62. The van der Waals surface area contributed by atoms with Crippen LogP contribution in [0, 0.1) is 0 Å². The minimum absolute atomic E-state index is 0.221. The third-order valence-electron chi connectivity index (χ3n) is 3.04. The van der Waals surface area contributed by atoms with E-state index in [0.717, 1.165) is 10.0 Å². The van der Waals surface area contributed by atoms with E-state index in [1.54, 1.807) is 44.4 Å². The molecule has 1 atom stereocenters. The maximum Gasteiger partial charge on any atom is 0.241 e. The molecule has 0 aliphatic carbocycles. The van der Waals surface area contributed by atoms with Crippen LogP contribution in [0.4, 0.5) is 0 Å². The van der Waals surface area contributed by atoms with Gasteiger partial charge in [-0.15, -0.1) is 0 Å². The summed E-state index contributed by atoms with van der Waals surface area (Å²) >= 11 is 3.28. The summed E-state index contributed by atoms with van der Waals surface area (Å²) in [4.78, 5) is 0.221. The first-order valence-electron chi connectivity index (χ1n) is 6.35. The zero-order valence-electron chi connectivity index (χ0n) is 11.7. The number of sulfonamides is 1. The molecule has 0 unspecified atom stereocenters. The van der Waals surface area contributed by atoms with Crippen molar-refractivity contribution in [1.82, 2.24) is 4.72 Å². The van der Waals surface area contributed by atoms with E-state index in [4.69, 9.17) is 4.74 Å². The fourth-order valence-corrected chi connectivity index (χ4v) is 3.84. The number of ether oxygens (including phenoxy) is 1. The lowest BCUT2D eigenvalue weighted by Gasteiger charge is -2.17. The topological polar surface area (TPSA) is 55.4 Å². The predicted octanol–water partition coefficient (Wildman–Crippen LogP) is 3.50. The average Bonchev–Trinajstić information content (AvgIpc) is 2.46. The summed E-state index contributed by atoms with van der Waals surface area (Å²) in [5, 5.41) is 0. The van der Waals surface area contributed by atoms with Crippen molar-refractivity contribution < 1.29 is 13.2 Å². The Morgan fingerprint density at radius 2 is 1.86 bits per heavy atom. The highest BCUT2D eigenvalue weighted by Crippen LogP contribution is 2.26. The highest BCUT2D eigenvalue weighted by molar-refractivity contribution is 9.10. The number of nitrogens with one attached hydrogen (secondary N) is 1. The second-order valence-electron chi connectivity index (χ2n) is 4.54. The summed E-state index contributed by atoms with van der Waals surface area (Å²) in [6.45, 7) is 1.79. The van der Waals surface area contributed by atoms with Crippen molar-refractivity contribution in [3.8, 4) is 5.75 Å². The molecular weight excluding hydrogens is 354 g/mol. The van der Waals surface area contributed by atoms with Crippen LogP contribution in [0.5, 0.6) is 5.75 Å². The van der Waals surface area contributed by atoms with Crippen molar-refractivity contribution in [1.29, 1.82) is 0 Å². The molecule has 21 heavy (non-hydrogen) atoms. The van der Waals surface area contributed by atoms with Crippen LogP contribution in [-0.4, -0.2) is 15.5 Å². The summed E-state index contributed by atoms with van der Waals surface area (Å²) in [6, 6.07) is 13.5. The van der Waals surface area contributed by atoms with Crippen molar-refractivity contribution in [2.24, 2.45) is 0 Å². The normalized spacial score (nSPS) is 12.9. The highest BCUT2D eigenvalue weighted by atomic mass is 79.9. The van der Waals surface area contributed by atoms with E-state index in [1.165, 1.54) is 0 Å². The Labute approximate surface area is 133 Å². The lowest BCUT2D eigenvalue weighted by molar-refractivity contribution is 0.405. The Kier molecular flexibility index (Phi) is 5.03. The van der Waals surface area contributed by atoms with Gasteiger partial charge < -0.3 is 4.74 Å². The van der Waals surface area contributed by atoms with E-state index in [2.05, 4.69) is 20.7 Å². The number of benzene rings is 2. The molecule has 0 heterocycles. The molecule has 0 saturated carbocycles. The van der Waals surface area contributed by atoms with Crippen LogP contribution in [0.3, 0.4) is 0 Å². The quantitative estimate of drug-likeness (QED) is 0.877. The van der Waals surface area contributed by atoms with Gasteiger partial charge in [0.15, 0.2) is 0 Å². The molecule has 2 aromatic rings. The van der Waals surface area contributed by atoms with E-state index in [9.17, 15) is 8.42 Å². The zero-order chi connectivity index (χ0) is 15.5. The van der Waals surface area contributed by atoms with Gasteiger partial charge in [-0.25, -0.2) is 13.1 Å². The standard InChI is InChI=1S/C15H16BrNO3S/c1-11(14-8-3-4-9-15(14)20-2)17-21(18,19)13-7-5-6-12(16)10-13/h3-11,17H,1-2H3/t11-/m1/s1. The largest absolute Gasteiger partial charge is 0.496 e. The molecule has 0 bridgehead atoms. The average molecular weight is 370 g/mol. The maximum absolute atomic E-state index is 12.4. The van der Waals surface area contributed by atoms with Crippen molar-refractivity contribution >= 4 is 26.0 Å². The van der Waals surface area contributed by atoms with Gasteiger partial charge in [-0.2, -0.15) is 0 Å². The van der Waals surface area contributed by atoms with Gasteiger partial charge in [-0.3, -0.25) is 0 Å². The lowest BCUT2D eigenvalue weighted by Crippen LogP contribution is -2.27. The van der Waals surface area contributed by atoms with Gasteiger partial charge in [0, 0.05) is 16.1 Å². The number of para-hydroxylation sites is 1. The van der Waals surface area contributed by atoms with E-state index < -0.39 is 16.1 Å². The predicted molar refractivity (Wildman–Crippen MR) is 85.9 cm³/mol. The van der Waals surface area contributed by atoms with Crippen LogP contribution in [0.15, 0.2) is 57.9 Å². The highest BCUT2D eigenvalue weighted by Gasteiger charge is 2.20. The van der Waals surface area contributed by atoms with Crippen LogP contribution < -0.4 is 9.46 Å². The van der Waals surface area contributed by atoms with Crippen LogP contribution in [0.2, 0.25) is 0 Å². The molecule has 0 spiro atoms. The number of rotatable bonds is 5. The second kappa shape index (κ2) is 6.60. The molecule has 0 saturated heterocycles. The van der Waals surface area contributed by atoms with Gasteiger partial charge in [0.05, 0.1) is 12.0 Å². The van der Waals surface area contributed by atoms with E-state index in [0.29, 0.717) is 5.75 Å². The molecule has 0 amide bonds. The Morgan fingerprint density at radius 3 is 2.52 bits per heavy atom. The minimum atomic E-state index is -3.59. The van der Waals surface area contributed by atoms with Crippen molar-refractivity contribution in [3.63, 3.8) is 0 Å². The maximum atomic E-state index is 12.4. The van der Waals surface area contributed by atoms with Gasteiger partial charge in [-0.05, 0) is 31.2 Å². The first-order chi connectivity index (χ1) is 9.94. The van der Waals surface area contributed by atoms with Crippen molar-refractivity contribution in [3.05, 3.63) is 58.6 Å². The first kappa shape index (κ1) is 16.0. The third kappa shape index (κ3) is 3.84. The SMILES string of the molecule is COc1ccccc1[C@@H](C)NS(=O)(=O)c1cccc(Br)c1. The molecule has 2 rings (SSSR count). The third-order valence-corrected chi connectivity index (χ3v) is 5.08. The minimum Gasteiger partial charge on any atom is -0.496 e. The molecule has 0 aromatic heterocycles. The van der Waals surface area contributed by atoms with Gasteiger partial charge >= 0.3 is 0 Å². The molecule has 6 heteroatoms. The van der Waals surface area contributed by atoms with E-state index >= 15 is 0 Å². The summed E-state index contributed by atoms with van der Waals surface area (Å²) < 4.78 is 33.4. The Hall–Kier alpha value is -1.37. The zero-order valence-corrected chi connectivity index (χ0v) is 14.1. The van der Waals surface area contributed by atoms with Gasteiger partial charge in [-0.1, -0.05) is 40.2 Å². The molecular formula is C15H16BrNO3S. The van der Waals surface area contributed by atoms with Crippen molar-refractivity contribution in [2.45, 2.75) is 17.9 Å². The summed E-state index contributed by atoms with van der Waals surface area (Å²) in [7, 11) is -2.03. The number of hydrogen-bond donors (Lipinski definition) is 1. The molecule has 4 nitrogen and oxygen atoms in total. The Balaban J connectivity index is 2.28. The van der Waals surface area contributed by atoms with Gasteiger partial charge in [0.1, 0.15) is 5.75 Å². The Morgan fingerprint density at radius 1 is 1.14 bits per heavy atom. The molecule has 2 aromatic carbocycles. The fraction of sp³-hybridized carbons (Fsp3) is 0.200. The van der Waals surface area contributed by atoms with Crippen molar-refractivity contribution in [2.75, 3.05) is 7.11 Å². The van der Waals surface area contributed by atoms with Crippen LogP contribution in [0.25, 0.3) is 0 Å². The summed E-state index contributed by atoms with van der Waals surface area (Å²) in [5.41, 5.74) is 0.790. The second-order valence-corrected chi connectivity index (χ2v) is 7.17. The summed E-state index contributed by atoms with van der Waals surface area (Å²) in [5.74, 6) is 0.655. The number of halogens is 1. The van der Waals surface area contributed by atoms with Crippen LogP contribution in [0.1, 0.15) is 18.5 Å². The van der Waals surface area contributed by atoms with Gasteiger partial charge in [0.25, 0.3) is 0 Å². The van der Waals surface area contributed by atoms with E-state index in [1.807, 2.05) is 18.2 Å². The molecule has 0 aliphatic heterocycles. The number of methoxy groups -OCH3 is 1. The molecule has 1 N–H and O–H groups in total. The molecule has 0 aliphatic rings. The molecule has 0 fully saturated rings. The molecule has 0 radical (unpaired) electrons. The smallest absolute Gasteiger partial charge is 0.241 e. The summed E-state index contributed by atoms with van der Waals surface area (Å²) in [6.07, 6.45) is 0. The van der Waals surface area contributed by atoms with Crippen LogP contribution in [-0.2, 0) is 10.0 Å². The Bertz CT molecular complexity index is 731. The lowest BCUT2D eigenvalue weighted by atomic mass is 10.1. The molecule has 112 valence electrons. The van der Waals surface area contributed by atoms with E-state index in [-0.39, 0.29) is 4.90 Å².